The Balaban J connectivity index is 2.13. The second-order valence-electron chi connectivity index (χ2n) is 5.38. The van der Waals surface area contributed by atoms with E-state index in [0.29, 0.717) is 0 Å². The molecule has 0 fully saturated rings. The lowest BCUT2D eigenvalue weighted by molar-refractivity contribution is 0.509. The maximum Gasteiger partial charge on any atom is 0.00762 e. The number of hydrogen-bond acceptors (Lipinski definition) is 1. The van der Waals surface area contributed by atoms with E-state index in [1.54, 1.807) is 4.88 Å². The van der Waals surface area contributed by atoms with Crippen molar-refractivity contribution in [1.29, 1.82) is 0 Å². The first-order chi connectivity index (χ1) is 7.59. The highest BCUT2D eigenvalue weighted by Gasteiger charge is 2.07. The van der Waals surface area contributed by atoms with Gasteiger partial charge >= 0.3 is 0 Å². The van der Waals surface area contributed by atoms with Gasteiger partial charge in [-0.15, -0.1) is 11.3 Å². The fourth-order valence-corrected chi connectivity index (χ4v) is 3.00. The molecule has 0 aromatic carbocycles. The lowest BCUT2D eigenvalue weighted by atomic mass is 9.99. The van der Waals surface area contributed by atoms with Gasteiger partial charge in [0.15, 0.2) is 0 Å². The highest BCUT2D eigenvalue weighted by atomic mass is 32.1. The Kier molecular flexibility index (Phi) is 6.12. The van der Waals surface area contributed by atoms with E-state index in [2.05, 4.69) is 39.8 Å². The van der Waals surface area contributed by atoms with E-state index in [1.807, 2.05) is 11.3 Å². The van der Waals surface area contributed by atoms with Crippen molar-refractivity contribution in [2.75, 3.05) is 0 Å². The largest absolute Gasteiger partial charge is 0.145 e. The first-order valence-electron chi connectivity index (χ1n) is 6.66. The van der Waals surface area contributed by atoms with Gasteiger partial charge in [0, 0.05) is 9.75 Å². The molecule has 0 amide bonds. The van der Waals surface area contributed by atoms with Crippen molar-refractivity contribution in [3.8, 4) is 0 Å². The molecule has 0 saturated heterocycles. The van der Waals surface area contributed by atoms with Crippen molar-refractivity contribution in [2.24, 2.45) is 5.92 Å². The van der Waals surface area contributed by atoms with Gasteiger partial charge in [-0.3, -0.25) is 0 Å². The molecular weight excluding hydrogens is 212 g/mol. The van der Waals surface area contributed by atoms with Crippen LogP contribution in [0.4, 0.5) is 0 Å². The maximum atomic E-state index is 2.37. The molecule has 1 aromatic rings. The van der Waals surface area contributed by atoms with E-state index in [-0.39, 0.29) is 0 Å². The van der Waals surface area contributed by atoms with E-state index in [9.17, 15) is 0 Å². The summed E-state index contributed by atoms with van der Waals surface area (Å²) in [5.74, 6) is 1.63. The number of rotatable bonds is 7. The number of hydrogen-bond donors (Lipinski definition) is 0. The Morgan fingerprint density at radius 2 is 1.69 bits per heavy atom. The second-order valence-corrected chi connectivity index (χ2v) is 6.70. The van der Waals surface area contributed by atoms with Crippen LogP contribution in [0.15, 0.2) is 12.1 Å². The normalized spacial score (nSPS) is 13.3. The topological polar surface area (TPSA) is 0 Å². The summed E-state index contributed by atoms with van der Waals surface area (Å²) < 4.78 is 0. The number of aryl methyl sites for hydroxylation is 1. The lowest BCUT2D eigenvalue weighted by Gasteiger charge is -2.09. The summed E-state index contributed by atoms with van der Waals surface area (Å²) in [7, 11) is 0. The van der Waals surface area contributed by atoms with Crippen molar-refractivity contribution >= 4 is 11.3 Å². The molecule has 1 atom stereocenters. The maximum absolute atomic E-state index is 2.37. The molecule has 1 aromatic heterocycles. The number of thiophene rings is 1. The predicted octanol–water partition coefficient (Wildman–Crippen LogP) is 5.77. The van der Waals surface area contributed by atoms with Gasteiger partial charge in [-0.2, -0.15) is 0 Å². The molecule has 0 spiro atoms. The smallest absolute Gasteiger partial charge is 0.00762 e. The Bertz CT molecular complexity index is 285. The first kappa shape index (κ1) is 13.8. The molecule has 1 rings (SSSR count). The van der Waals surface area contributed by atoms with Gasteiger partial charge in [-0.05, 0) is 37.3 Å². The molecule has 1 heterocycles. The van der Waals surface area contributed by atoms with Crippen LogP contribution in [0, 0.1) is 12.8 Å². The van der Waals surface area contributed by atoms with E-state index in [0.717, 1.165) is 11.8 Å². The van der Waals surface area contributed by atoms with Crippen molar-refractivity contribution in [1.82, 2.24) is 0 Å². The zero-order valence-electron chi connectivity index (χ0n) is 11.3. The Labute approximate surface area is 105 Å². The van der Waals surface area contributed by atoms with Crippen LogP contribution in [-0.4, -0.2) is 0 Å². The molecule has 0 aliphatic carbocycles. The van der Waals surface area contributed by atoms with Gasteiger partial charge in [-0.1, -0.05) is 46.5 Å². The fraction of sp³-hybridized carbons (Fsp3) is 0.733. The van der Waals surface area contributed by atoms with Gasteiger partial charge in [0.25, 0.3) is 0 Å². The van der Waals surface area contributed by atoms with Crippen LogP contribution in [0.5, 0.6) is 0 Å². The lowest BCUT2D eigenvalue weighted by Crippen LogP contribution is -1.91. The SMILES string of the molecule is Cc1ccc(C(C)CCCCCC(C)C)s1. The third-order valence-electron chi connectivity index (χ3n) is 3.17. The number of unbranched alkanes of at least 4 members (excludes halogenated alkanes) is 2. The van der Waals surface area contributed by atoms with Crippen molar-refractivity contribution in [2.45, 2.75) is 65.7 Å². The van der Waals surface area contributed by atoms with Gasteiger partial charge < -0.3 is 0 Å². The van der Waals surface area contributed by atoms with Gasteiger partial charge in [0.1, 0.15) is 0 Å². The Hall–Kier alpha value is -0.300. The quantitative estimate of drug-likeness (QED) is 0.529. The second kappa shape index (κ2) is 7.11. The molecule has 1 unspecified atom stereocenters. The summed E-state index contributed by atoms with van der Waals surface area (Å²) in [5, 5.41) is 0. The molecule has 92 valence electrons. The van der Waals surface area contributed by atoms with Crippen LogP contribution >= 0.6 is 11.3 Å². The minimum atomic E-state index is 0.762. The third-order valence-corrected chi connectivity index (χ3v) is 4.40. The van der Waals surface area contributed by atoms with E-state index in [1.165, 1.54) is 37.0 Å². The summed E-state index contributed by atoms with van der Waals surface area (Å²) in [6.07, 6.45) is 6.97. The van der Waals surface area contributed by atoms with Crippen molar-refractivity contribution < 1.29 is 0 Å². The summed E-state index contributed by atoms with van der Waals surface area (Å²) >= 11 is 1.96. The Morgan fingerprint density at radius 1 is 1.00 bits per heavy atom. The van der Waals surface area contributed by atoms with E-state index < -0.39 is 0 Å². The average Bonchev–Trinajstić information content (AvgIpc) is 2.63. The zero-order valence-corrected chi connectivity index (χ0v) is 12.1. The van der Waals surface area contributed by atoms with Crippen LogP contribution in [0.2, 0.25) is 0 Å². The van der Waals surface area contributed by atoms with Crippen LogP contribution in [-0.2, 0) is 0 Å². The average molecular weight is 238 g/mol. The van der Waals surface area contributed by atoms with Crippen molar-refractivity contribution in [3.05, 3.63) is 21.9 Å². The van der Waals surface area contributed by atoms with Crippen LogP contribution < -0.4 is 0 Å². The predicted molar refractivity (Wildman–Crippen MR) is 75.4 cm³/mol. The standard InChI is InChI=1S/C15H26S/c1-12(2)8-6-5-7-9-13(3)15-11-10-14(4)16-15/h10-13H,5-9H2,1-4H3. The summed E-state index contributed by atoms with van der Waals surface area (Å²) in [6.45, 7) is 9.20. The molecule has 16 heavy (non-hydrogen) atoms. The monoisotopic (exact) mass is 238 g/mol. The highest BCUT2D eigenvalue weighted by molar-refractivity contribution is 7.12. The summed E-state index contributed by atoms with van der Waals surface area (Å²) in [4.78, 5) is 3.02. The highest BCUT2D eigenvalue weighted by Crippen LogP contribution is 2.28. The summed E-state index contributed by atoms with van der Waals surface area (Å²) in [6, 6.07) is 4.55. The molecule has 0 bridgehead atoms. The van der Waals surface area contributed by atoms with Gasteiger partial charge in [0.2, 0.25) is 0 Å². The fourth-order valence-electron chi connectivity index (χ4n) is 2.04. The molecule has 0 N–H and O–H groups in total. The van der Waals surface area contributed by atoms with E-state index >= 15 is 0 Å². The molecule has 0 radical (unpaired) electrons. The minimum Gasteiger partial charge on any atom is -0.145 e. The minimum absolute atomic E-state index is 0.762. The first-order valence-corrected chi connectivity index (χ1v) is 7.47. The van der Waals surface area contributed by atoms with Crippen LogP contribution in [0.3, 0.4) is 0 Å². The molecule has 0 saturated carbocycles. The zero-order chi connectivity index (χ0) is 12.0. The van der Waals surface area contributed by atoms with E-state index in [4.69, 9.17) is 0 Å². The van der Waals surface area contributed by atoms with Gasteiger partial charge in [0.05, 0.1) is 0 Å². The van der Waals surface area contributed by atoms with Gasteiger partial charge in [-0.25, -0.2) is 0 Å². The third kappa shape index (κ3) is 5.16. The molecule has 0 aliphatic rings. The molecule has 0 nitrogen and oxygen atoms in total. The van der Waals surface area contributed by atoms with Crippen molar-refractivity contribution in [3.63, 3.8) is 0 Å². The van der Waals surface area contributed by atoms with Crippen LogP contribution in [0.1, 0.15) is 68.5 Å². The molecule has 0 aliphatic heterocycles. The molecular formula is C15H26S. The van der Waals surface area contributed by atoms with Crippen LogP contribution in [0.25, 0.3) is 0 Å². The Morgan fingerprint density at radius 3 is 2.25 bits per heavy atom. The summed E-state index contributed by atoms with van der Waals surface area (Å²) in [5.41, 5.74) is 0. The molecule has 1 heteroatoms.